The van der Waals surface area contributed by atoms with E-state index >= 15 is 0 Å². The van der Waals surface area contributed by atoms with E-state index in [-0.39, 0.29) is 0 Å². The van der Waals surface area contributed by atoms with E-state index < -0.39 is 0 Å². The first-order valence-electron chi connectivity index (χ1n) is 10.1. The molecule has 1 unspecified atom stereocenters. The fraction of sp³-hybridized carbons (Fsp3) is 0.455. The van der Waals surface area contributed by atoms with Crippen molar-refractivity contribution in [1.82, 2.24) is 20.5 Å². The van der Waals surface area contributed by atoms with E-state index in [1.54, 1.807) is 0 Å². The molecule has 0 aliphatic carbocycles. The first-order valence-corrected chi connectivity index (χ1v) is 10.1. The van der Waals surface area contributed by atoms with Gasteiger partial charge < -0.3 is 10.6 Å². The van der Waals surface area contributed by atoms with Crippen LogP contribution in [0, 0.1) is 0 Å². The molecule has 1 aliphatic rings. The van der Waals surface area contributed by atoms with Crippen molar-refractivity contribution >= 4 is 5.96 Å². The molecule has 1 fully saturated rings. The lowest BCUT2D eigenvalue weighted by Gasteiger charge is -2.27. The molecule has 144 valence electrons. The van der Waals surface area contributed by atoms with Crippen LogP contribution in [0.15, 0.2) is 59.7 Å². The van der Waals surface area contributed by atoms with Crippen molar-refractivity contribution in [1.29, 1.82) is 0 Å². The highest BCUT2D eigenvalue weighted by atomic mass is 15.2. The number of hydrogen-bond donors (Lipinski definition) is 2. The number of aromatic nitrogens is 1. The molecule has 27 heavy (non-hydrogen) atoms. The summed E-state index contributed by atoms with van der Waals surface area (Å²) in [6.45, 7) is 6.88. The number of rotatable bonds is 8. The lowest BCUT2D eigenvalue weighted by Crippen LogP contribution is -2.39. The minimum atomic E-state index is 0.347. The minimum Gasteiger partial charge on any atom is -0.357 e. The zero-order chi connectivity index (χ0) is 18.7. The summed E-state index contributed by atoms with van der Waals surface area (Å²) in [6.07, 6.45) is 5.31. The average molecular weight is 366 g/mol. The smallest absolute Gasteiger partial charge is 0.191 e. The zero-order valence-corrected chi connectivity index (χ0v) is 16.3. The van der Waals surface area contributed by atoms with Gasteiger partial charge in [-0.1, -0.05) is 36.4 Å². The van der Waals surface area contributed by atoms with Crippen LogP contribution < -0.4 is 10.6 Å². The summed E-state index contributed by atoms with van der Waals surface area (Å²) < 4.78 is 0. The largest absolute Gasteiger partial charge is 0.357 e. The number of benzene rings is 1. The number of guanidine groups is 1. The van der Waals surface area contributed by atoms with Gasteiger partial charge in [-0.05, 0) is 50.6 Å². The minimum absolute atomic E-state index is 0.347. The second kappa shape index (κ2) is 10.7. The summed E-state index contributed by atoms with van der Waals surface area (Å²) in [4.78, 5) is 11.8. The molecule has 2 N–H and O–H groups in total. The van der Waals surface area contributed by atoms with Crippen LogP contribution in [-0.2, 0) is 6.42 Å². The van der Waals surface area contributed by atoms with Gasteiger partial charge in [-0.3, -0.25) is 14.9 Å². The third-order valence-corrected chi connectivity index (χ3v) is 4.93. The van der Waals surface area contributed by atoms with Gasteiger partial charge >= 0.3 is 0 Å². The van der Waals surface area contributed by atoms with E-state index in [2.05, 4.69) is 63.8 Å². The van der Waals surface area contributed by atoms with Gasteiger partial charge in [-0.25, -0.2) is 0 Å². The maximum atomic E-state index is 4.90. The second-order valence-electron chi connectivity index (χ2n) is 6.89. The van der Waals surface area contributed by atoms with Crippen LogP contribution in [0.2, 0.25) is 0 Å². The highest BCUT2D eigenvalue weighted by molar-refractivity contribution is 5.79. The van der Waals surface area contributed by atoms with Gasteiger partial charge in [0.15, 0.2) is 5.96 Å². The van der Waals surface area contributed by atoms with E-state index in [1.165, 1.54) is 31.5 Å². The SMILES string of the molecule is CCNC(=NCC(c1ccccc1)N1CCCC1)NCCc1ccccn1. The van der Waals surface area contributed by atoms with Crippen molar-refractivity contribution in [3.05, 3.63) is 66.0 Å². The molecular formula is C22H31N5. The van der Waals surface area contributed by atoms with Crippen molar-refractivity contribution in [2.75, 3.05) is 32.7 Å². The molecule has 5 nitrogen and oxygen atoms in total. The van der Waals surface area contributed by atoms with Crippen LogP contribution in [-0.4, -0.2) is 48.6 Å². The molecule has 0 radical (unpaired) electrons. The first kappa shape index (κ1) is 19.4. The molecule has 0 bridgehead atoms. The molecule has 2 heterocycles. The maximum Gasteiger partial charge on any atom is 0.191 e. The molecule has 1 aliphatic heterocycles. The zero-order valence-electron chi connectivity index (χ0n) is 16.3. The Labute approximate surface area is 162 Å². The molecule has 1 saturated heterocycles. The third-order valence-electron chi connectivity index (χ3n) is 4.93. The van der Waals surface area contributed by atoms with E-state index in [4.69, 9.17) is 4.99 Å². The molecule has 2 aromatic rings. The molecule has 3 rings (SSSR count). The molecule has 1 aromatic carbocycles. The van der Waals surface area contributed by atoms with Crippen molar-refractivity contribution in [2.45, 2.75) is 32.2 Å². The number of nitrogens with zero attached hydrogens (tertiary/aromatic N) is 3. The Balaban J connectivity index is 1.62. The Kier molecular flexibility index (Phi) is 7.66. The number of pyridine rings is 1. The van der Waals surface area contributed by atoms with Crippen LogP contribution in [0.1, 0.15) is 37.1 Å². The van der Waals surface area contributed by atoms with E-state index in [9.17, 15) is 0 Å². The van der Waals surface area contributed by atoms with Crippen molar-refractivity contribution in [2.24, 2.45) is 4.99 Å². The normalized spacial score (nSPS) is 16.3. The van der Waals surface area contributed by atoms with E-state index in [0.29, 0.717) is 6.04 Å². The van der Waals surface area contributed by atoms with Crippen LogP contribution in [0.3, 0.4) is 0 Å². The molecular weight excluding hydrogens is 334 g/mol. The summed E-state index contributed by atoms with van der Waals surface area (Å²) >= 11 is 0. The van der Waals surface area contributed by atoms with Crippen molar-refractivity contribution < 1.29 is 0 Å². The van der Waals surface area contributed by atoms with Crippen LogP contribution in [0.4, 0.5) is 0 Å². The third kappa shape index (κ3) is 6.07. The van der Waals surface area contributed by atoms with Gasteiger partial charge in [-0.2, -0.15) is 0 Å². The second-order valence-corrected chi connectivity index (χ2v) is 6.89. The standard InChI is InChI=1S/C22H31N5/c1-2-23-22(25-15-13-20-12-6-7-14-24-20)26-18-21(27-16-8-9-17-27)19-10-4-3-5-11-19/h3-7,10-12,14,21H,2,8-9,13,15-18H2,1H3,(H2,23,25,26). The maximum absolute atomic E-state index is 4.90. The summed E-state index contributed by atoms with van der Waals surface area (Å²) in [5.74, 6) is 0.883. The summed E-state index contributed by atoms with van der Waals surface area (Å²) in [5.41, 5.74) is 2.45. The summed E-state index contributed by atoms with van der Waals surface area (Å²) in [6, 6.07) is 17.2. The number of likely N-dealkylation sites (tertiary alicyclic amines) is 1. The number of nitrogens with one attached hydrogen (secondary N) is 2. The molecule has 0 spiro atoms. The molecule has 1 aromatic heterocycles. The molecule has 0 amide bonds. The van der Waals surface area contributed by atoms with Gasteiger partial charge in [0.05, 0.1) is 12.6 Å². The van der Waals surface area contributed by atoms with Gasteiger partial charge in [0.1, 0.15) is 0 Å². The number of hydrogen-bond acceptors (Lipinski definition) is 3. The highest BCUT2D eigenvalue weighted by Crippen LogP contribution is 2.25. The van der Waals surface area contributed by atoms with Crippen LogP contribution >= 0.6 is 0 Å². The monoisotopic (exact) mass is 365 g/mol. The lowest BCUT2D eigenvalue weighted by atomic mass is 10.1. The van der Waals surface area contributed by atoms with Gasteiger partial charge in [-0.15, -0.1) is 0 Å². The predicted molar refractivity (Wildman–Crippen MR) is 112 cm³/mol. The quantitative estimate of drug-likeness (QED) is 0.558. The van der Waals surface area contributed by atoms with Gasteiger partial charge in [0, 0.05) is 31.4 Å². The van der Waals surface area contributed by atoms with E-state index in [0.717, 1.165) is 37.7 Å². The Morgan fingerprint density at radius 1 is 1.07 bits per heavy atom. The highest BCUT2D eigenvalue weighted by Gasteiger charge is 2.23. The van der Waals surface area contributed by atoms with Gasteiger partial charge in [0.2, 0.25) is 0 Å². The van der Waals surface area contributed by atoms with Gasteiger partial charge in [0.25, 0.3) is 0 Å². The summed E-state index contributed by atoms with van der Waals surface area (Å²) in [7, 11) is 0. The topological polar surface area (TPSA) is 52.6 Å². The summed E-state index contributed by atoms with van der Waals surface area (Å²) in [5, 5.41) is 6.81. The van der Waals surface area contributed by atoms with E-state index in [1.807, 2.05) is 18.3 Å². The van der Waals surface area contributed by atoms with Crippen molar-refractivity contribution in [3.8, 4) is 0 Å². The molecule has 5 heteroatoms. The lowest BCUT2D eigenvalue weighted by molar-refractivity contribution is 0.251. The number of aliphatic imine (C=N–C) groups is 1. The average Bonchev–Trinajstić information content (AvgIpc) is 3.24. The van der Waals surface area contributed by atoms with Crippen LogP contribution in [0.25, 0.3) is 0 Å². The Hall–Kier alpha value is -2.40. The Bertz CT molecular complexity index is 680. The van der Waals surface area contributed by atoms with Crippen LogP contribution in [0.5, 0.6) is 0 Å². The molecule has 0 saturated carbocycles. The molecule has 1 atom stereocenters. The fourth-order valence-corrected chi connectivity index (χ4v) is 3.53. The Morgan fingerprint density at radius 3 is 2.56 bits per heavy atom. The predicted octanol–water partition coefficient (Wildman–Crippen LogP) is 3.02. The first-order chi connectivity index (χ1) is 13.4. The fourth-order valence-electron chi connectivity index (χ4n) is 3.53. The Morgan fingerprint density at radius 2 is 1.85 bits per heavy atom. The van der Waals surface area contributed by atoms with Crippen molar-refractivity contribution in [3.63, 3.8) is 0 Å².